The molecule has 16 heavy (non-hydrogen) atoms. The van der Waals surface area contributed by atoms with Crippen LogP contribution in [0.15, 0.2) is 4.99 Å². The van der Waals surface area contributed by atoms with Gasteiger partial charge < -0.3 is 10.1 Å². The maximum absolute atomic E-state index is 11.9. The summed E-state index contributed by atoms with van der Waals surface area (Å²) in [5.41, 5.74) is 0.691. The van der Waals surface area contributed by atoms with E-state index >= 15 is 0 Å². The molecule has 1 fully saturated rings. The zero-order chi connectivity index (χ0) is 11.8. The molecule has 1 aliphatic heterocycles. The number of rotatable bonds is 5. The van der Waals surface area contributed by atoms with Gasteiger partial charge in [-0.3, -0.25) is 9.79 Å². The molecule has 0 aliphatic carbocycles. The molecule has 4 nitrogen and oxygen atoms in total. The number of nitrogens with zero attached hydrogens (tertiary/aromatic N) is 1. The Morgan fingerprint density at radius 1 is 1.38 bits per heavy atom. The highest BCUT2D eigenvalue weighted by atomic mass is 16.5. The van der Waals surface area contributed by atoms with Crippen LogP contribution in [-0.2, 0) is 9.53 Å². The molecule has 92 valence electrons. The fourth-order valence-corrected chi connectivity index (χ4v) is 1.80. The second-order valence-electron chi connectivity index (χ2n) is 4.03. The van der Waals surface area contributed by atoms with Gasteiger partial charge in [0, 0.05) is 25.8 Å². The van der Waals surface area contributed by atoms with Crippen LogP contribution in [0.3, 0.4) is 0 Å². The molecule has 1 saturated heterocycles. The van der Waals surface area contributed by atoms with Gasteiger partial charge >= 0.3 is 0 Å². The maximum atomic E-state index is 11.9. The van der Waals surface area contributed by atoms with Crippen molar-refractivity contribution in [1.29, 1.82) is 0 Å². The third-order valence-electron chi connectivity index (χ3n) is 2.65. The first-order chi connectivity index (χ1) is 7.77. The van der Waals surface area contributed by atoms with E-state index in [-0.39, 0.29) is 11.9 Å². The zero-order valence-electron chi connectivity index (χ0n) is 10.3. The van der Waals surface area contributed by atoms with Crippen molar-refractivity contribution < 1.29 is 9.53 Å². The average Bonchev–Trinajstić information content (AvgIpc) is 2.30. The minimum Gasteiger partial charge on any atom is -0.381 e. The molecular formula is C12H22N2O2. The summed E-state index contributed by atoms with van der Waals surface area (Å²) in [7, 11) is 0. The fourth-order valence-electron chi connectivity index (χ4n) is 1.80. The van der Waals surface area contributed by atoms with Crippen molar-refractivity contribution >= 4 is 11.6 Å². The molecule has 0 atom stereocenters. The van der Waals surface area contributed by atoms with Gasteiger partial charge in [-0.05, 0) is 26.2 Å². The van der Waals surface area contributed by atoms with Crippen LogP contribution in [0, 0.1) is 0 Å². The highest BCUT2D eigenvalue weighted by molar-refractivity contribution is 6.38. The molecule has 0 unspecified atom stereocenters. The number of carbonyl (C=O) groups excluding carboxylic acids is 1. The molecule has 0 aromatic heterocycles. The van der Waals surface area contributed by atoms with Gasteiger partial charge in [-0.25, -0.2) is 0 Å². The van der Waals surface area contributed by atoms with Crippen molar-refractivity contribution in [3.05, 3.63) is 0 Å². The van der Waals surface area contributed by atoms with Gasteiger partial charge in [0.05, 0.1) is 5.71 Å². The van der Waals surface area contributed by atoms with Gasteiger partial charge in [-0.1, -0.05) is 13.3 Å². The summed E-state index contributed by atoms with van der Waals surface area (Å²) in [5, 5.41) is 3.04. The van der Waals surface area contributed by atoms with E-state index in [0.29, 0.717) is 12.3 Å². The molecule has 1 rings (SSSR count). The molecule has 0 aromatic rings. The molecule has 1 N–H and O–H groups in total. The highest BCUT2D eigenvalue weighted by Gasteiger charge is 2.18. The van der Waals surface area contributed by atoms with Crippen LogP contribution in [0.4, 0.5) is 0 Å². The maximum Gasteiger partial charge on any atom is 0.265 e. The molecule has 1 heterocycles. The largest absolute Gasteiger partial charge is 0.381 e. The molecule has 4 heteroatoms. The van der Waals surface area contributed by atoms with Crippen molar-refractivity contribution in [2.45, 2.75) is 45.6 Å². The highest BCUT2D eigenvalue weighted by Crippen LogP contribution is 2.06. The normalized spacial score (nSPS) is 18.5. The smallest absolute Gasteiger partial charge is 0.265 e. The van der Waals surface area contributed by atoms with E-state index in [4.69, 9.17) is 4.74 Å². The summed E-state index contributed by atoms with van der Waals surface area (Å²) in [4.78, 5) is 16.2. The number of aliphatic imine (C=N–C) groups is 1. The topological polar surface area (TPSA) is 50.7 Å². The van der Waals surface area contributed by atoms with Crippen LogP contribution in [0.5, 0.6) is 0 Å². The lowest BCUT2D eigenvalue weighted by molar-refractivity contribution is -0.116. The van der Waals surface area contributed by atoms with Crippen LogP contribution >= 0.6 is 0 Å². The van der Waals surface area contributed by atoms with Crippen molar-refractivity contribution in [3.63, 3.8) is 0 Å². The molecule has 0 aromatic carbocycles. The molecule has 0 spiro atoms. The quantitative estimate of drug-likeness (QED) is 0.723. The second-order valence-corrected chi connectivity index (χ2v) is 4.03. The minimum atomic E-state index is 0.00981. The molecule has 0 bridgehead atoms. The SMILES string of the molecule is CCCC(=NCC)C(=O)NC1CCOCC1. The van der Waals surface area contributed by atoms with Crippen molar-refractivity contribution in [1.82, 2.24) is 5.32 Å². The van der Waals surface area contributed by atoms with Gasteiger partial charge in [0.2, 0.25) is 0 Å². The average molecular weight is 226 g/mol. The minimum absolute atomic E-state index is 0.00981. The summed E-state index contributed by atoms with van der Waals surface area (Å²) in [5.74, 6) is 0.00981. The first-order valence-corrected chi connectivity index (χ1v) is 6.19. The van der Waals surface area contributed by atoms with E-state index in [9.17, 15) is 4.79 Å². The van der Waals surface area contributed by atoms with E-state index < -0.39 is 0 Å². The summed E-state index contributed by atoms with van der Waals surface area (Å²) in [6, 6.07) is 0.264. The third kappa shape index (κ3) is 4.31. The number of hydrogen-bond acceptors (Lipinski definition) is 3. The Morgan fingerprint density at radius 3 is 2.62 bits per heavy atom. The Hall–Kier alpha value is -0.900. The summed E-state index contributed by atoms with van der Waals surface area (Å²) in [6.45, 7) is 6.19. The molecule has 0 saturated carbocycles. The number of nitrogens with one attached hydrogen (secondary N) is 1. The predicted octanol–water partition coefficient (Wildman–Crippen LogP) is 1.54. The number of ether oxygens (including phenoxy) is 1. The van der Waals surface area contributed by atoms with E-state index in [0.717, 1.165) is 38.9 Å². The van der Waals surface area contributed by atoms with Crippen LogP contribution in [0.1, 0.15) is 39.5 Å². The van der Waals surface area contributed by atoms with Crippen LogP contribution in [0.25, 0.3) is 0 Å². The number of amides is 1. The lowest BCUT2D eigenvalue weighted by Crippen LogP contribution is -2.42. The van der Waals surface area contributed by atoms with Crippen molar-refractivity contribution in [3.8, 4) is 0 Å². The first kappa shape index (κ1) is 13.2. The fraction of sp³-hybridized carbons (Fsp3) is 0.833. The summed E-state index contributed by atoms with van der Waals surface area (Å²) in [6.07, 6.45) is 3.55. The van der Waals surface area contributed by atoms with Gasteiger partial charge in [0.1, 0.15) is 0 Å². The monoisotopic (exact) mass is 226 g/mol. The Balaban J connectivity index is 2.44. The Kier molecular flexibility index (Phi) is 6.08. The number of carbonyl (C=O) groups is 1. The molecule has 0 radical (unpaired) electrons. The van der Waals surface area contributed by atoms with E-state index in [2.05, 4.69) is 17.2 Å². The van der Waals surface area contributed by atoms with Crippen LogP contribution in [0.2, 0.25) is 0 Å². The Morgan fingerprint density at radius 2 is 2.06 bits per heavy atom. The van der Waals surface area contributed by atoms with Gasteiger partial charge in [-0.15, -0.1) is 0 Å². The number of hydrogen-bond donors (Lipinski definition) is 1. The lowest BCUT2D eigenvalue weighted by Gasteiger charge is -2.23. The lowest BCUT2D eigenvalue weighted by atomic mass is 10.1. The summed E-state index contributed by atoms with van der Waals surface area (Å²) >= 11 is 0. The zero-order valence-corrected chi connectivity index (χ0v) is 10.3. The second kappa shape index (κ2) is 7.39. The van der Waals surface area contributed by atoms with Crippen LogP contribution < -0.4 is 5.32 Å². The van der Waals surface area contributed by atoms with Gasteiger partial charge in [0.25, 0.3) is 5.91 Å². The van der Waals surface area contributed by atoms with E-state index in [1.54, 1.807) is 0 Å². The Bertz CT molecular complexity index is 245. The Labute approximate surface area is 97.5 Å². The first-order valence-electron chi connectivity index (χ1n) is 6.19. The third-order valence-corrected chi connectivity index (χ3v) is 2.65. The van der Waals surface area contributed by atoms with Crippen molar-refractivity contribution in [2.75, 3.05) is 19.8 Å². The van der Waals surface area contributed by atoms with Crippen molar-refractivity contribution in [2.24, 2.45) is 4.99 Å². The van der Waals surface area contributed by atoms with Crippen LogP contribution in [-0.4, -0.2) is 37.4 Å². The van der Waals surface area contributed by atoms with Gasteiger partial charge in [0.15, 0.2) is 0 Å². The molecule has 1 aliphatic rings. The molecule has 1 amide bonds. The predicted molar refractivity (Wildman–Crippen MR) is 64.9 cm³/mol. The van der Waals surface area contributed by atoms with E-state index in [1.807, 2.05) is 6.92 Å². The van der Waals surface area contributed by atoms with E-state index in [1.165, 1.54) is 0 Å². The van der Waals surface area contributed by atoms with Gasteiger partial charge in [-0.2, -0.15) is 0 Å². The molecular weight excluding hydrogens is 204 g/mol. The standard InChI is InChI=1S/C12H22N2O2/c1-3-5-11(13-4-2)12(15)14-10-6-8-16-9-7-10/h10H,3-9H2,1-2H3,(H,14,15). The summed E-state index contributed by atoms with van der Waals surface area (Å²) < 4.78 is 5.26.